The molecule has 1 N–H and O–H groups in total. The van der Waals surface area contributed by atoms with E-state index >= 15 is 0 Å². The van der Waals surface area contributed by atoms with E-state index in [-0.39, 0.29) is 6.61 Å². The maximum absolute atomic E-state index is 9.35. The van der Waals surface area contributed by atoms with Crippen LogP contribution in [0.3, 0.4) is 0 Å². The Balaban J connectivity index is 2.14. The summed E-state index contributed by atoms with van der Waals surface area (Å²) in [6.07, 6.45) is 7.02. The Bertz CT molecular complexity index is 684. The van der Waals surface area contributed by atoms with Crippen molar-refractivity contribution in [2.75, 3.05) is 6.61 Å². The average Bonchev–Trinajstić information content (AvgIpc) is 2.93. The predicted octanol–water partition coefficient (Wildman–Crippen LogP) is 1.23. The van der Waals surface area contributed by atoms with Crippen LogP contribution in [0.2, 0.25) is 0 Å². The standard InChI is InChI=1S/C13H13N5OS/c19-7-4-13(20,11-3-6-14-9-16-11)18-8-10-2-1-5-15-12(10)17-18/h1-3,5-6,8-9,19-20H,4,7H2. The van der Waals surface area contributed by atoms with Gasteiger partial charge in [-0.3, -0.25) is 0 Å². The lowest BCUT2D eigenvalue weighted by atomic mass is 10.1. The van der Waals surface area contributed by atoms with Gasteiger partial charge in [-0.05, 0) is 18.2 Å². The number of nitrogens with zero attached hydrogens (tertiary/aromatic N) is 5. The molecule has 3 heterocycles. The molecule has 3 aromatic heterocycles. The molecular weight excluding hydrogens is 274 g/mol. The molecule has 0 spiro atoms. The zero-order chi connectivity index (χ0) is 14.0. The quantitative estimate of drug-likeness (QED) is 0.706. The summed E-state index contributed by atoms with van der Waals surface area (Å²) < 4.78 is 1.69. The first-order valence-electron chi connectivity index (χ1n) is 6.14. The number of rotatable bonds is 4. The lowest BCUT2D eigenvalue weighted by molar-refractivity contribution is 0.251. The maximum Gasteiger partial charge on any atom is 0.181 e. The Kier molecular flexibility index (Phi) is 3.37. The van der Waals surface area contributed by atoms with Gasteiger partial charge < -0.3 is 5.11 Å². The van der Waals surface area contributed by atoms with E-state index in [1.165, 1.54) is 6.33 Å². The van der Waals surface area contributed by atoms with Crippen molar-refractivity contribution in [2.45, 2.75) is 11.3 Å². The summed E-state index contributed by atoms with van der Waals surface area (Å²) in [4.78, 5) is 11.5. The summed E-state index contributed by atoms with van der Waals surface area (Å²) in [5.74, 6) is 0. The summed E-state index contributed by atoms with van der Waals surface area (Å²) in [5, 5.41) is 14.7. The Morgan fingerprint density at radius 1 is 1.25 bits per heavy atom. The van der Waals surface area contributed by atoms with Gasteiger partial charge in [0.2, 0.25) is 0 Å². The molecule has 3 rings (SSSR count). The van der Waals surface area contributed by atoms with Crippen LogP contribution >= 0.6 is 12.6 Å². The summed E-state index contributed by atoms with van der Waals surface area (Å²) in [7, 11) is 0. The molecule has 0 radical (unpaired) electrons. The first-order chi connectivity index (χ1) is 9.74. The summed E-state index contributed by atoms with van der Waals surface area (Å²) in [5.41, 5.74) is 1.32. The topological polar surface area (TPSA) is 76.7 Å². The molecule has 3 aromatic rings. The normalized spacial score (nSPS) is 14.3. The van der Waals surface area contributed by atoms with Crippen molar-refractivity contribution in [1.29, 1.82) is 0 Å². The Morgan fingerprint density at radius 3 is 2.85 bits per heavy atom. The van der Waals surface area contributed by atoms with Crippen LogP contribution < -0.4 is 0 Å². The molecule has 0 amide bonds. The third-order valence-corrected chi connectivity index (χ3v) is 3.77. The van der Waals surface area contributed by atoms with Crippen LogP contribution in [-0.4, -0.2) is 36.4 Å². The van der Waals surface area contributed by atoms with E-state index < -0.39 is 4.87 Å². The lowest BCUT2D eigenvalue weighted by Gasteiger charge is -2.27. The molecule has 0 fully saturated rings. The smallest absolute Gasteiger partial charge is 0.181 e. The number of fused-ring (bicyclic) bond motifs is 1. The molecule has 102 valence electrons. The highest BCUT2D eigenvalue weighted by molar-refractivity contribution is 7.81. The SMILES string of the molecule is OCCC(S)(c1ccncn1)n1cc2cccnc2n1. The maximum atomic E-state index is 9.35. The number of hydrogen-bond acceptors (Lipinski definition) is 6. The molecule has 0 aromatic carbocycles. The second-order valence-corrected chi connectivity index (χ2v) is 5.11. The molecule has 1 unspecified atom stereocenters. The zero-order valence-corrected chi connectivity index (χ0v) is 11.5. The fraction of sp³-hybridized carbons (Fsp3) is 0.231. The minimum Gasteiger partial charge on any atom is -0.396 e. The van der Waals surface area contributed by atoms with Crippen molar-refractivity contribution in [3.8, 4) is 0 Å². The van der Waals surface area contributed by atoms with Gasteiger partial charge in [0.15, 0.2) is 5.65 Å². The van der Waals surface area contributed by atoms with Gasteiger partial charge in [0.05, 0.1) is 5.69 Å². The molecule has 0 saturated heterocycles. The zero-order valence-electron chi connectivity index (χ0n) is 10.6. The minimum absolute atomic E-state index is 0.0306. The van der Waals surface area contributed by atoms with Crippen molar-refractivity contribution in [3.05, 3.63) is 48.8 Å². The van der Waals surface area contributed by atoms with Crippen molar-refractivity contribution < 1.29 is 5.11 Å². The number of hydrogen-bond donors (Lipinski definition) is 2. The van der Waals surface area contributed by atoms with Crippen molar-refractivity contribution in [2.24, 2.45) is 0 Å². The highest BCUT2D eigenvalue weighted by Gasteiger charge is 2.32. The molecule has 0 aliphatic carbocycles. The van der Waals surface area contributed by atoms with Gasteiger partial charge in [0.1, 0.15) is 11.2 Å². The summed E-state index contributed by atoms with van der Waals surface area (Å²) in [6, 6.07) is 5.55. The highest BCUT2D eigenvalue weighted by Crippen LogP contribution is 2.32. The van der Waals surface area contributed by atoms with Crippen LogP contribution in [0.1, 0.15) is 12.1 Å². The van der Waals surface area contributed by atoms with E-state index in [0.717, 1.165) is 5.39 Å². The van der Waals surface area contributed by atoms with Crippen LogP contribution in [0.4, 0.5) is 0 Å². The summed E-state index contributed by atoms with van der Waals surface area (Å²) >= 11 is 4.71. The lowest BCUT2D eigenvalue weighted by Crippen LogP contribution is -2.31. The first kappa shape index (κ1) is 13.0. The van der Waals surface area contributed by atoms with Crippen LogP contribution in [0.15, 0.2) is 43.1 Å². The molecule has 1 atom stereocenters. The van der Waals surface area contributed by atoms with Gasteiger partial charge in [0, 0.05) is 37.0 Å². The van der Waals surface area contributed by atoms with Gasteiger partial charge in [-0.15, -0.1) is 12.6 Å². The minimum atomic E-state index is -0.835. The number of thiol groups is 1. The Hall–Kier alpha value is -1.99. The van der Waals surface area contributed by atoms with Crippen molar-refractivity contribution in [3.63, 3.8) is 0 Å². The number of pyridine rings is 1. The van der Waals surface area contributed by atoms with E-state index in [9.17, 15) is 5.11 Å². The van der Waals surface area contributed by atoms with E-state index in [0.29, 0.717) is 17.8 Å². The van der Waals surface area contributed by atoms with Crippen molar-refractivity contribution in [1.82, 2.24) is 24.7 Å². The molecule has 0 aliphatic heterocycles. The second kappa shape index (κ2) is 5.18. The molecule has 6 nitrogen and oxygen atoms in total. The fourth-order valence-corrected chi connectivity index (χ4v) is 2.42. The number of aromatic nitrogens is 5. The van der Waals surface area contributed by atoms with Crippen molar-refractivity contribution >= 4 is 23.7 Å². The largest absolute Gasteiger partial charge is 0.396 e. The average molecular weight is 287 g/mol. The monoisotopic (exact) mass is 287 g/mol. The highest BCUT2D eigenvalue weighted by atomic mass is 32.1. The van der Waals surface area contributed by atoms with Crippen LogP contribution in [0.5, 0.6) is 0 Å². The van der Waals surface area contributed by atoms with E-state index in [1.807, 2.05) is 18.3 Å². The van der Waals surface area contributed by atoms with Gasteiger partial charge >= 0.3 is 0 Å². The van der Waals surface area contributed by atoms with E-state index in [2.05, 4.69) is 20.1 Å². The second-order valence-electron chi connectivity index (χ2n) is 4.37. The Labute approximate surface area is 120 Å². The van der Waals surface area contributed by atoms with Gasteiger partial charge in [-0.25, -0.2) is 19.6 Å². The summed E-state index contributed by atoms with van der Waals surface area (Å²) in [6.45, 7) is -0.0306. The molecule has 20 heavy (non-hydrogen) atoms. The number of aliphatic hydroxyl groups is 1. The van der Waals surface area contributed by atoms with Gasteiger partial charge in [-0.1, -0.05) is 0 Å². The van der Waals surface area contributed by atoms with Crippen LogP contribution in [-0.2, 0) is 4.87 Å². The third-order valence-electron chi connectivity index (χ3n) is 3.11. The third kappa shape index (κ3) is 2.14. The first-order valence-corrected chi connectivity index (χ1v) is 6.59. The molecule has 0 aliphatic rings. The van der Waals surface area contributed by atoms with Gasteiger partial charge in [-0.2, -0.15) is 5.10 Å². The van der Waals surface area contributed by atoms with E-state index in [1.54, 1.807) is 23.1 Å². The fourth-order valence-electron chi connectivity index (χ4n) is 2.09. The molecule has 0 bridgehead atoms. The Morgan fingerprint density at radius 2 is 2.15 bits per heavy atom. The predicted molar refractivity (Wildman–Crippen MR) is 77.3 cm³/mol. The number of aliphatic hydroxyl groups excluding tert-OH is 1. The molecule has 0 saturated carbocycles. The van der Waals surface area contributed by atoms with Crippen LogP contribution in [0, 0.1) is 0 Å². The van der Waals surface area contributed by atoms with Crippen LogP contribution in [0.25, 0.3) is 11.0 Å². The van der Waals surface area contributed by atoms with E-state index in [4.69, 9.17) is 12.6 Å². The van der Waals surface area contributed by atoms with Gasteiger partial charge in [0.25, 0.3) is 0 Å². The molecule has 7 heteroatoms. The molecular formula is C13H13N5OS.